The van der Waals surface area contributed by atoms with E-state index in [1.54, 1.807) is 0 Å². The highest BCUT2D eigenvalue weighted by Crippen LogP contribution is 2.23. The maximum absolute atomic E-state index is 12.7. The molecule has 3 aromatic rings. The monoisotopic (exact) mass is 324 g/mol. The number of aromatic nitrogens is 3. The van der Waals surface area contributed by atoms with Gasteiger partial charge in [-0.3, -0.25) is 4.79 Å². The zero-order valence-electron chi connectivity index (χ0n) is 14.6. The van der Waals surface area contributed by atoms with E-state index in [-0.39, 0.29) is 17.9 Å². The average molecular weight is 324 g/mol. The molecular weight excluding hydrogens is 300 g/mol. The van der Waals surface area contributed by atoms with E-state index in [1.165, 1.54) is 0 Å². The number of hydrogen-bond donors (Lipinski definition) is 2. The van der Waals surface area contributed by atoms with E-state index in [4.69, 9.17) is 0 Å². The molecule has 3 rings (SSSR count). The second-order valence-corrected chi connectivity index (χ2v) is 6.82. The molecule has 0 aliphatic heterocycles. The summed E-state index contributed by atoms with van der Waals surface area (Å²) in [6.07, 6.45) is 3.86. The lowest BCUT2D eigenvalue weighted by atomic mass is 10.0. The lowest BCUT2D eigenvalue weighted by Gasteiger charge is -2.22. The molecule has 0 saturated carbocycles. The van der Waals surface area contributed by atoms with Gasteiger partial charge >= 0.3 is 0 Å². The third kappa shape index (κ3) is 3.20. The van der Waals surface area contributed by atoms with Crippen LogP contribution in [0.15, 0.2) is 42.7 Å². The first-order valence-corrected chi connectivity index (χ1v) is 8.38. The predicted octanol–water partition coefficient (Wildman–Crippen LogP) is 4.32. The summed E-state index contributed by atoms with van der Waals surface area (Å²) in [5, 5.41) is 3.03. The molecule has 0 spiro atoms. The molecule has 0 aliphatic rings. The number of nitrogens with one attached hydrogen (secondary N) is 2. The van der Waals surface area contributed by atoms with E-state index in [1.807, 2.05) is 47.3 Å². The van der Waals surface area contributed by atoms with E-state index in [9.17, 15) is 4.79 Å². The van der Waals surface area contributed by atoms with Crippen molar-refractivity contribution in [2.75, 3.05) is 5.32 Å². The Labute approximate surface area is 142 Å². The van der Waals surface area contributed by atoms with E-state index in [2.05, 4.69) is 43.0 Å². The van der Waals surface area contributed by atoms with Gasteiger partial charge in [0.25, 0.3) is 0 Å². The summed E-state index contributed by atoms with van der Waals surface area (Å²) in [6, 6.07) is 9.42. The normalized spacial score (nSPS) is 12.9. The van der Waals surface area contributed by atoms with Crippen molar-refractivity contribution in [1.82, 2.24) is 14.5 Å². The number of H-pyrrole nitrogens is 1. The fourth-order valence-electron chi connectivity index (χ4n) is 2.91. The molecule has 2 aromatic heterocycles. The van der Waals surface area contributed by atoms with Gasteiger partial charge in [-0.25, -0.2) is 4.98 Å². The van der Waals surface area contributed by atoms with Crippen LogP contribution in [-0.4, -0.2) is 20.4 Å². The van der Waals surface area contributed by atoms with Crippen LogP contribution in [0.25, 0.3) is 11.0 Å². The zero-order chi connectivity index (χ0) is 17.3. The fraction of sp³-hybridized carbons (Fsp3) is 0.368. The minimum Gasteiger partial charge on any atom is -0.342 e. The Bertz CT molecular complexity index is 830. The molecule has 0 aliphatic carbocycles. The topological polar surface area (TPSA) is 62.7 Å². The van der Waals surface area contributed by atoms with E-state index in [0.717, 1.165) is 22.5 Å². The van der Waals surface area contributed by atoms with E-state index in [0.29, 0.717) is 5.92 Å². The number of amides is 1. The smallest absolute Gasteiger partial charge is 0.247 e. The van der Waals surface area contributed by atoms with Crippen molar-refractivity contribution in [2.45, 2.75) is 39.7 Å². The highest BCUT2D eigenvalue weighted by atomic mass is 16.2. The van der Waals surface area contributed by atoms with Crippen LogP contribution in [0, 0.1) is 5.92 Å². The fourth-order valence-corrected chi connectivity index (χ4v) is 2.91. The van der Waals surface area contributed by atoms with Gasteiger partial charge in [-0.2, -0.15) is 0 Å². The first-order chi connectivity index (χ1) is 11.5. The van der Waals surface area contributed by atoms with Gasteiger partial charge in [-0.1, -0.05) is 27.7 Å². The van der Waals surface area contributed by atoms with Crippen LogP contribution in [0.5, 0.6) is 0 Å². The summed E-state index contributed by atoms with van der Waals surface area (Å²) < 4.78 is 1.95. The Morgan fingerprint density at radius 2 is 1.88 bits per heavy atom. The Morgan fingerprint density at radius 3 is 2.50 bits per heavy atom. The number of hydrogen-bond acceptors (Lipinski definition) is 2. The van der Waals surface area contributed by atoms with Gasteiger partial charge in [-0.15, -0.1) is 0 Å². The summed E-state index contributed by atoms with van der Waals surface area (Å²) in [6.45, 7) is 8.31. The third-order valence-corrected chi connectivity index (χ3v) is 4.16. The molecule has 1 amide bonds. The quantitative estimate of drug-likeness (QED) is 0.734. The Hall–Kier alpha value is -2.56. The Kier molecular flexibility index (Phi) is 4.42. The molecule has 1 atom stereocenters. The maximum atomic E-state index is 12.7. The van der Waals surface area contributed by atoms with Gasteiger partial charge < -0.3 is 14.9 Å². The van der Waals surface area contributed by atoms with Crippen molar-refractivity contribution in [3.05, 3.63) is 48.5 Å². The van der Waals surface area contributed by atoms with Crippen molar-refractivity contribution >= 4 is 22.6 Å². The molecule has 24 heavy (non-hydrogen) atoms. The summed E-state index contributed by atoms with van der Waals surface area (Å²) in [4.78, 5) is 20.6. The molecule has 0 radical (unpaired) electrons. The third-order valence-electron chi connectivity index (χ3n) is 4.16. The van der Waals surface area contributed by atoms with Gasteiger partial charge in [0.15, 0.2) is 0 Å². The molecule has 1 aromatic carbocycles. The van der Waals surface area contributed by atoms with E-state index < -0.39 is 0 Å². The average Bonchev–Trinajstić information content (AvgIpc) is 3.15. The molecule has 2 N–H and O–H groups in total. The van der Waals surface area contributed by atoms with Crippen LogP contribution >= 0.6 is 0 Å². The van der Waals surface area contributed by atoms with Gasteiger partial charge in [0.2, 0.25) is 5.91 Å². The predicted molar refractivity (Wildman–Crippen MR) is 97.1 cm³/mol. The number of carbonyl (C=O) groups is 1. The number of imidazole rings is 1. The number of carbonyl (C=O) groups excluding carboxylic acids is 1. The highest BCUT2D eigenvalue weighted by Gasteiger charge is 2.23. The second-order valence-electron chi connectivity index (χ2n) is 6.82. The van der Waals surface area contributed by atoms with Crippen molar-refractivity contribution < 1.29 is 4.79 Å². The molecule has 0 fully saturated rings. The molecule has 2 heterocycles. The molecule has 0 saturated heterocycles. The van der Waals surface area contributed by atoms with Crippen LogP contribution in [0.4, 0.5) is 5.69 Å². The largest absolute Gasteiger partial charge is 0.342 e. The summed E-state index contributed by atoms with van der Waals surface area (Å²) in [7, 11) is 0. The van der Waals surface area contributed by atoms with Crippen molar-refractivity contribution in [2.24, 2.45) is 5.92 Å². The number of benzene rings is 1. The lowest BCUT2D eigenvalue weighted by molar-refractivity contribution is -0.120. The molecule has 0 bridgehead atoms. The molecule has 1 unspecified atom stereocenters. The van der Waals surface area contributed by atoms with Gasteiger partial charge in [0.05, 0.1) is 11.0 Å². The number of anilines is 1. The zero-order valence-corrected chi connectivity index (χ0v) is 14.6. The van der Waals surface area contributed by atoms with Crippen LogP contribution in [-0.2, 0) is 4.79 Å². The van der Waals surface area contributed by atoms with Crippen LogP contribution in [0.1, 0.15) is 45.5 Å². The summed E-state index contributed by atoms with van der Waals surface area (Å²) >= 11 is 0. The molecule has 5 nitrogen and oxygen atoms in total. The van der Waals surface area contributed by atoms with Gasteiger partial charge in [-0.05, 0) is 36.2 Å². The van der Waals surface area contributed by atoms with Gasteiger partial charge in [0.1, 0.15) is 11.9 Å². The highest BCUT2D eigenvalue weighted by molar-refractivity contribution is 5.95. The van der Waals surface area contributed by atoms with Crippen LogP contribution in [0.2, 0.25) is 0 Å². The van der Waals surface area contributed by atoms with Crippen LogP contribution < -0.4 is 5.32 Å². The second kappa shape index (κ2) is 6.51. The summed E-state index contributed by atoms with van der Waals surface area (Å²) in [5.41, 5.74) is 2.64. The van der Waals surface area contributed by atoms with E-state index >= 15 is 0 Å². The lowest BCUT2D eigenvalue weighted by Crippen LogP contribution is -2.29. The maximum Gasteiger partial charge on any atom is 0.247 e. The number of rotatable bonds is 5. The number of fused-ring (bicyclic) bond motifs is 1. The molecule has 126 valence electrons. The Morgan fingerprint density at radius 1 is 1.17 bits per heavy atom. The molecular formula is C19H24N4O. The number of nitrogens with zero attached hydrogens (tertiary/aromatic N) is 2. The SMILES string of the molecule is CC(C)c1nc2ccc(NC(=O)C(C(C)C)n3cccc3)cc2[nH]1. The minimum atomic E-state index is -0.233. The summed E-state index contributed by atoms with van der Waals surface area (Å²) in [5.74, 6) is 1.49. The first-order valence-electron chi connectivity index (χ1n) is 8.38. The number of aromatic amines is 1. The molecule has 5 heteroatoms. The first kappa shape index (κ1) is 16.3. The standard InChI is InChI=1S/C19H24N4O/c1-12(2)17(23-9-5-6-10-23)19(24)20-14-7-8-15-16(11-14)22-18(21-15)13(3)4/h5-13,17H,1-4H3,(H,20,24)(H,21,22). The minimum absolute atomic E-state index is 0.0100. The van der Waals surface area contributed by atoms with Gasteiger partial charge in [0, 0.05) is 24.0 Å². The van der Waals surface area contributed by atoms with Crippen molar-refractivity contribution in [3.8, 4) is 0 Å². The Balaban J connectivity index is 1.84. The van der Waals surface area contributed by atoms with Crippen LogP contribution in [0.3, 0.4) is 0 Å². The van der Waals surface area contributed by atoms with Crippen molar-refractivity contribution in [3.63, 3.8) is 0 Å². The van der Waals surface area contributed by atoms with Crippen molar-refractivity contribution in [1.29, 1.82) is 0 Å².